The van der Waals surface area contributed by atoms with Crippen LogP contribution in [0.25, 0.3) is 55.1 Å². The van der Waals surface area contributed by atoms with Gasteiger partial charge < -0.3 is 35.5 Å². The van der Waals surface area contributed by atoms with Gasteiger partial charge in [0.05, 0.1) is 43.0 Å². The van der Waals surface area contributed by atoms with Crippen LogP contribution in [0.1, 0.15) is 83.4 Å². The van der Waals surface area contributed by atoms with Crippen LogP contribution in [0.3, 0.4) is 0 Å². The summed E-state index contributed by atoms with van der Waals surface area (Å²) in [6.45, 7) is 9.38. The molecular formula is C40H51N11O4. The number of hydrogen-bond donors (Lipinski definition) is 5. The predicted molar refractivity (Wildman–Crippen MR) is 212 cm³/mol. The van der Waals surface area contributed by atoms with E-state index in [2.05, 4.69) is 58.9 Å². The van der Waals surface area contributed by atoms with Gasteiger partial charge in [0.1, 0.15) is 23.2 Å². The molecule has 1 aliphatic rings. The van der Waals surface area contributed by atoms with Crippen LogP contribution in [0.4, 0.5) is 4.79 Å². The molecule has 1 aromatic carbocycles. The molecule has 1 aliphatic heterocycles. The highest BCUT2D eigenvalue weighted by Crippen LogP contribution is 2.35. The SMILES string of the molecule is CON[C@H](C(=O)N1CCC[C@H]1c1nc2c(cnc3cc(-c4cc5cnc6nc(C(CCCN)C[C@@H](NC(=O)OC)C(C)C)nc6c5c[nH]4)ccc32)[nH]1)C(C)C. The first-order valence-corrected chi connectivity index (χ1v) is 19.2. The lowest BCUT2D eigenvalue weighted by molar-refractivity contribution is -0.139. The van der Waals surface area contributed by atoms with Crippen molar-refractivity contribution in [2.24, 2.45) is 17.6 Å². The number of carbonyl (C=O) groups is 2. The zero-order chi connectivity index (χ0) is 38.8. The number of likely N-dealkylation sites (tertiary alicyclic amines) is 1. The first-order chi connectivity index (χ1) is 26.6. The summed E-state index contributed by atoms with van der Waals surface area (Å²) in [6.07, 6.45) is 9.14. The first-order valence-electron chi connectivity index (χ1n) is 19.2. The number of hydrogen-bond acceptors (Lipinski definition) is 11. The number of ether oxygens (including phenoxy) is 1. The largest absolute Gasteiger partial charge is 0.453 e. The minimum absolute atomic E-state index is 0.0114. The van der Waals surface area contributed by atoms with Gasteiger partial charge in [-0.1, -0.05) is 33.8 Å². The van der Waals surface area contributed by atoms with Gasteiger partial charge in [0, 0.05) is 58.3 Å². The molecule has 6 N–H and O–H groups in total. The average molecular weight is 750 g/mol. The Kier molecular flexibility index (Phi) is 11.2. The van der Waals surface area contributed by atoms with Gasteiger partial charge in [-0.2, -0.15) is 5.48 Å². The third-order valence-electron chi connectivity index (χ3n) is 10.9. The van der Waals surface area contributed by atoms with Gasteiger partial charge in [-0.3, -0.25) is 9.78 Å². The second-order valence-electron chi connectivity index (χ2n) is 15.2. The maximum atomic E-state index is 13.6. The summed E-state index contributed by atoms with van der Waals surface area (Å²) in [7, 11) is 2.91. The van der Waals surface area contributed by atoms with Crippen LogP contribution in [-0.4, -0.2) is 91.2 Å². The van der Waals surface area contributed by atoms with Crippen molar-refractivity contribution in [3.63, 3.8) is 0 Å². The molecule has 0 saturated carbocycles. The van der Waals surface area contributed by atoms with Gasteiger partial charge in [0.25, 0.3) is 0 Å². The standard InChI is InChI=1S/C40H51N11O4/c1-21(2)28(46-40(53)54-5)16-24(9-7-13-41)36-48-35-27-19-42-29(17-25(27)18-44-38(35)49-36)23-11-12-26-30(15-23)43-20-31-34(26)47-37(45-31)32-10-8-14-51(32)39(52)33(22(3)4)50-55-6/h11-12,15,17-22,24,28,32-33,42,50H,7-10,13-14,16,41H2,1-6H3,(H,45,47)(H,46,53)/t24?,28-,32+,33+/m1/s1. The van der Waals surface area contributed by atoms with E-state index in [1.54, 1.807) is 0 Å². The lowest BCUT2D eigenvalue weighted by atomic mass is 9.89. The van der Waals surface area contributed by atoms with Crippen LogP contribution in [-0.2, 0) is 14.4 Å². The first kappa shape index (κ1) is 38.0. The Morgan fingerprint density at radius 3 is 2.60 bits per heavy atom. The van der Waals surface area contributed by atoms with Crippen molar-refractivity contribution < 1.29 is 19.2 Å². The van der Waals surface area contributed by atoms with Gasteiger partial charge in [0.15, 0.2) is 5.65 Å². The van der Waals surface area contributed by atoms with Gasteiger partial charge in [-0.15, -0.1) is 0 Å². The number of pyridine rings is 3. The monoisotopic (exact) mass is 749 g/mol. The molecule has 1 unspecified atom stereocenters. The third-order valence-corrected chi connectivity index (χ3v) is 10.9. The van der Waals surface area contributed by atoms with Crippen LogP contribution in [0.2, 0.25) is 0 Å². The molecule has 55 heavy (non-hydrogen) atoms. The van der Waals surface area contributed by atoms with E-state index in [1.165, 1.54) is 14.2 Å². The van der Waals surface area contributed by atoms with E-state index in [9.17, 15) is 9.59 Å². The zero-order valence-corrected chi connectivity index (χ0v) is 32.3. The topological polar surface area (TPSA) is 202 Å². The Balaban J connectivity index is 1.16. The lowest BCUT2D eigenvalue weighted by Crippen LogP contribution is -2.48. The third kappa shape index (κ3) is 7.68. The van der Waals surface area contributed by atoms with Crippen molar-refractivity contribution in [3.05, 3.63) is 54.5 Å². The molecule has 15 heteroatoms. The molecule has 0 spiro atoms. The summed E-state index contributed by atoms with van der Waals surface area (Å²) in [5, 5.41) is 5.75. The zero-order valence-electron chi connectivity index (χ0n) is 32.3. The van der Waals surface area contributed by atoms with Crippen LogP contribution >= 0.6 is 0 Å². The number of H-pyrrole nitrogens is 2. The van der Waals surface area contributed by atoms with E-state index in [-0.39, 0.29) is 35.7 Å². The molecule has 0 aliphatic carbocycles. The van der Waals surface area contributed by atoms with Crippen molar-refractivity contribution in [2.45, 2.75) is 83.8 Å². The van der Waals surface area contributed by atoms with Gasteiger partial charge >= 0.3 is 6.09 Å². The van der Waals surface area contributed by atoms with Crippen molar-refractivity contribution in [2.75, 3.05) is 27.3 Å². The highest BCUT2D eigenvalue weighted by molar-refractivity contribution is 6.04. The number of aromatic nitrogens is 7. The predicted octanol–water partition coefficient (Wildman–Crippen LogP) is 6.03. The number of imidazole rings is 2. The fourth-order valence-electron chi connectivity index (χ4n) is 7.75. The number of hydroxylamine groups is 1. The van der Waals surface area contributed by atoms with Crippen LogP contribution in [0.5, 0.6) is 0 Å². The van der Waals surface area contributed by atoms with E-state index < -0.39 is 12.1 Å². The molecule has 1 saturated heterocycles. The van der Waals surface area contributed by atoms with Crippen molar-refractivity contribution in [1.82, 2.24) is 50.6 Å². The summed E-state index contributed by atoms with van der Waals surface area (Å²) in [4.78, 5) is 64.1. The van der Waals surface area contributed by atoms with Gasteiger partial charge in [-0.05, 0) is 68.7 Å². The minimum Gasteiger partial charge on any atom is -0.453 e. The summed E-state index contributed by atoms with van der Waals surface area (Å²) in [6, 6.07) is 7.53. The summed E-state index contributed by atoms with van der Waals surface area (Å²) in [5.41, 5.74) is 14.4. The second kappa shape index (κ2) is 16.2. The smallest absolute Gasteiger partial charge is 0.407 e. The second-order valence-corrected chi connectivity index (χ2v) is 15.2. The van der Waals surface area contributed by atoms with Crippen molar-refractivity contribution in [1.29, 1.82) is 0 Å². The summed E-state index contributed by atoms with van der Waals surface area (Å²) >= 11 is 0. The summed E-state index contributed by atoms with van der Waals surface area (Å²) < 4.78 is 4.88. The quantitative estimate of drug-likeness (QED) is 0.0814. The average Bonchev–Trinajstić information content (AvgIpc) is 3.96. The Morgan fingerprint density at radius 1 is 1.02 bits per heavy atom. The molecule has 0 radical (unpaired) electrons. The minimum atomic E-state index is -0.452. The molecule has 7 rings (SSSR count). The fraction of sp³-hybridized carbons (Fsp3) is 0.475. The lowest BCUT2D eigenvalue weighted by Gasteiger charge is -2.29. The van der Waals surface area contributed by atoms with Crippen LogP contribution in [0.15, 0.2) is 42.9 Å². The molecule has 6 heterocycles. The summed E-state index contributed by atoms with van der Waals surface area (Å²) in [5.74, 6) is 1.72. The van der Waals surface area contributed by atoms with Crippen LogP contribution in [0, 0.1) is 11.8 Å². The number of aromatic amines is 2. The fourth-order valence-corrected chi connectivity index (χ4v) is 7.75. The number of carbonyl (C=O) groups excluding carboxylic acids is 2. The molecule has 290 valence electrons. The normalized spacial score (nSPS) is 16.5. The number of nitrogens with one attached hydrogen (secondary N) is 4. The number of rotatable bonds is 14. The number of methoxy groups -OCH3 is 1. The molecule has 2 amide bonds. The molecule has 15 nitrogen and oxygen atoms in total. The molecule has 6 aromatic rings. The van der Waals surface area contributed by atoms with Crippen molar-refractivity contribution in [3.8, 4) is 11.3 Å². The highest BCUT2D eigenvalue weighted by atomic mass is 16.6. The molecule has 5 aromatic heterocycles. The van der Waals surface area contributed by atoms with E-state index in [0.717, 1.165) is 81.0 Å². The Labute approximate surface area is 319 Å². The van der Waals surface area contributed by atoms with E-state index in [0.29, 0.717) is 31.0 Å². The van der Waals surface area contributed by atoms with Crippen molar-refractivity contribution >= 4 is 55.9 Å². The van der Waals surface area contributed by atoms with E-state index in [4.69, 9.17) is 40.2 Å². The Morgan fingerprint density at radius 2 is 1.85 bits per heavy atom. The molecule has 1 fully saturated rings. The number of nitrogens with two attached hydrogens (primary N) is 1. The molecule has 0 bridgehead atoms. The number of nitrogens with zero attached hydrogens (tertiary/aromatic N) is 6. The maximum Gasteiger partial charge on any atom is 0.407 e. The highest BCUT2D eigenvalue weighted by Gasteiger charge is 2.37. The number of amides is 2. The number of benzene rings is 1. The number of fused-ring (bicyclic) bond motifs is 6. The van der Waals surface area contributed by atoms with Crippen LogP contribution < -0.4 is 16.5 Å². The van der Waals surface area contributed by atoms with Gasteiger partial charge in [-0.25, -0.2) is 24.7 Å². The maximum absolute atomic E-state index is 13.6. The van der Waals surface area contributed by atoms with E-state index in [1.807, 2.05) is 37.3 Å². The van der Waals surface area contributed by atoms with Gasteiger partial charge in [0.2, 0.25) is 5.91 Å². The van der Waals surface area contributed by atoms with E-state index >= 15 is 0 Å². The Hall–Kier alpha value is -5.25. The Bertz CT molecular complexity index is 2320. The molecular weight excluding hydrogens is 699 g/mol. The number of alkyl carbamates (subject to hydrolysis) is 1. The molecule has 4 atom stereocenters.